The van der Waals surface area contributed by atoms with Crippen molar-refractivity contribution in [3.05, 3.63) is 60.2 Å². The van der Waals surface area contributed by atoms with Crippen LogP contribution in [-0.2, 0) is 6.42 Å². The zero-order chi connectivity index (χ0) is 16.1. The van der Waals surface area contributed by atoms with Gasteiger partial charge in [0.15, 0.2) is 0 Å². The number of benzene rings is 2. The number of nitrogens with one attached hydrogen (secondary N) is 1. The summed E-state index contributed by atoms with van der Waals surface area (Å²) in [5.41, 5.74) is 2.07. The van der Waals surface area contributed by atoms with Gasteiger partial charge in [0, 0.05) is 6.54 Å². The van der Waals surface area contributed by atoms with Crippen LogP contribution in [0.25, 0.3) is 0 Å². The molecule has 0 unspecified atom stereocenters. The number of para-hydroxylation sites is 2. The van der Waals surface area contributed by atoms with E-state index in [0.29, 0.717) is 13.1 Å². The zero-order valence-electron chi connectivity index (χ0n) is 13.4. The Morgan fingerprint density at radius 3 is 2.70 bits per heavy atom. The standard InChI is InChI=1S/C19H22N2O2/c1-2-16-14-21(17-10-6-7-11-18(17)23-16)19(22)20-13-12-15-8-4-3-5-9-15/h3-11,16H,2,12-14H2,1H3,(H,20,22)/t16-/m0/s1. The molecule has 2 amide bonds. The number of anilines is 1. The van der Waals surface area contributed by atoms with E-state index in [1.54, 1.807) is 4.90 Å². The van der Waals surface area contributed by atoms with Crippen molar-refractivity contribution in [1.82, 2.24) is 5.32 Å². The van der Waals surface area contributed by atoms with Crippen LogP contribution in [0, 0.1) is 0 Å². The molecule has 0 saturated carbocycles. The third-order valence-electron chi connectivity index (χ3n) is 4.07. The number of ether oxygens (including phenoxy) is 1. The lowest BCUT2D eigenvalue weighted by molar-refractivity contribution is 0.186. The summed E-state index contributed by atoms with van der Waals surface area (Å²) in [7, 11) is 0. The van der Waals surface area contributed by atoms with E-state index in [9.17, 15) is 4.79 Å². The molecule has 0 fully saturated rings. The van der Waals surface area contributed by atoms with Gasteiger partial charge in [-0.05, 0) is 30.5 Å². The Morgan fingerprint density at radius 2 is 1.91 bits per heavy atom. The molecule has 1 atom stereocenters. The predicted octanol–water partition coefficient (Wildman–Crippen LogP) is 3.62. The first-order chi connectivity index (χ1) is 11.3. The molecule has 1 N–H and O–H groups in total. The van der Waals surface area contributed by atoms with Gasteiger partial charge in [-0.3, -0.25) is 4.90 Å². The van der Waals surface area contributed by atoms with Crippen molar-refractivity contribution in [3.63, 3.8) is 0 Å². The molecule has 4 nitrogen and oxygen atoms in total. The second kappa shape index (κ2) is 7.18. The number of rotatable bonds is 4. The van der Waals surface area contributed by atoms with Crippen molar-refractivity contribution in [3.8, 4) is 5.75 Å². The van der Waals surface area contributed by atoms with Crippen LogP contribution in [-0.4, -0.2) is 25.2 Å². The normalized spacial score (nSPS) is 16.4. The monoisotopic (exact) mass is 310 g/mol. The van der Waals surface area contributed by atoms with E-state index >= 15 is 0 Å². The molecular weight excluding hydrogens is 288 g/mol. The van der Waals surface area contributed by atoms with E-state index < -0.39 is 0 Å². The van der Waals surface area contributed by atoms with Crippen LogP contribution >= 0.6 is 0 Å². The van der Waals surface area contributed by atoms with Gasteiger partial charge in [-0.25, -0.2) is 4.79 Å². The van der Waals surface area contributed by atoms with Crippen LogP contribution in [0.3, 0.4) is 0 Å². The Hall–Kier alpha value is -2.49. The molecule has 0 bridgehead atoms. The highest BCUT2D eigenvalue weighted by molar-refractivity contribution is 5.94. The number of nitrogens with zero attached hydrogens (tertiary/aromatic N) is 1. The van der Waals surface area contributed by atoms with Gasteiger partial charge in [0.25, 0.3) is 0 Å². The highest BCUT2D eigenvalue weighted by atomic mass is 16.5. The van der Waals surface area contributed by atoms with Crippen LogP contribution in [0.1, 0.15) is 18.9 Å². The molecule has 1 aliphatic rings. The van der Waals surface area contributed by atoms with Gasteiger partial charge in [-0.2, -0.15) is 0 Å². The fourth-order valence-corrected chi connectivity index (χ4v) is 2.76. The summed E-state index contributed by atoms with van der Waals surface area (Å²) in [4.78, 5) is 14.4. The van der Waals surface area contributed by atoms with Gasteiger partial charge in [-0.1, -0.05) is 49.4 Å². The Balaban J connectivity index is 1.64. The number of carbonyl (C=O) groups excluding carboxylic acids is 1. The lowest BCUT2D eigenvalue weighted by atomic mass is 10.1. The minimum Gasteiger partial charge on any atom is -0.486 e. The van der Waals surface area contributed by atoms with Gasteiger partial charge >= 0.3 is 6.03 Å². The summed E-state index contributed by atoms with van der Waals surface area (Å²) in [5.74, 6) is 0.781. The first-order valence-electron chi connectivity index (χ1n) is 8.13. The smallest absolute Gasteiger partial charge is 0.322 e. The maximum absolute atomic E-state index is 12.6. The van der Waals surface area contributed by atoms with Gasteiger partial charge in [0.1, 0.15) is 11.9 Å². The van der Waals surface area contributed by atoms with Gasteiger partial charge < -0.3 is 10.1 Å². The Labute approximate surface area is 137 Å². The van der Waals surface area contributed by atoms with E-state index in [4.69, 9.17) is 4.74 Å². The number of urea groups is 1. The summed E-state index contributed by atoms with van der Waals surface area (Å²) in [6, 6.07) is 17.8. The minimum atomic E-state index is -0.0601. The van der Waals surface area contributed by atoms with Crippen molar-refractivity contribution in [2.24, 2.45) is 0 Å². The van der Waals surface area contributed by atoms with Crippen molar-refractivity contribution >= 4 is 11.7 Å². The Morgan fingerprint density at radius 1 is 1.17 bits per heavy atom. The predicted molar refractivity (Wildman–Crippen MR) is 92.0 cm³/mol. The van der Waals surface area contributed by atoms with Gasteiger partial charge in [0.2, 0.25) is 0 Å². The molecule has 1 aliphatic heterocycles. The van der Waals surface area contributed by atoms with Gasteiger partial charge in [0.05, 0.1) is 12.2 Å². The van der Waals surface area contributed by atoms with E-state index in [0.717, 1.165) is 24.3 Å². The lowest BCUT2D eigenvalue weighted by Crippen LogP contribution is -2.48. The molecule has 2 aromatic rings. The second-order valence-electron chi connectivity index (χ2n) is 5.69. The largest absolute Gasteiger partial charge is 0.486 e. The van der Waals surface area contributed by atoms with Crippen molar-refractivity contribution < 1.29 is 9.53 Å². The molecule has 0 aliphatic carbocycles. The fourth-order valence-electron chi connectivity index (χ4n) is 2.76. The van der Waals surface area contributed by atoms with Crippen LogP contribution in [0.2, 0.25) is 0 Å². The van der Waals surface area contributed by atoms with Crippen LogP contribution in [0.15, 0.2) is 54.6 Å². The third kappa shape index (κ3) is 3.65. The molecule has 0 radical (unpaired) electrons. The molecule has 0 spiro atoms. The molecule has 1 heterocycles. The molecule has 120 valence electrons. The fraction of sp³-hybridized carbons (Fsp3) is 0.316. The zero-order valence-corrected chi connectivity index (χ0v) is 13.4. The van der Waals surface area contributed by atoms with E-state index in [1.807, 2.05) is 42.5 Å². The number of carbonyl (C=O) groups is 1. The van der Waals surface area contributed by atoms with Gasteiger partial charge in [-0.15, -0.1) is 0 Å². The summed E-state index contributed by atoms with van der Waals surface area (Å²) < 4.78 is 5.91. The topological polar surface area (TPSA) is 41.6 Å². The number of hydrogen-bond acceptors (Lipinski definition) is 2. The highest BCUT2D eigenvalue weighted by Crippen LogP contribution is 2.33. The van der Waals surface area contributed by atoms with Crippen molar-refractivity contribution in [2.75, 3.05) is 18.0 Å². The van der Waals surface area contributed by atoms with E-state index in [-0.39, 0.29) is 12.1 Å². The molecule has 2 aromatic carbocycles. The molecule has 0 saturated heterocycles. The maximum atomic E-state index is 12.6. The first kappa shape index (κ1) is 15.4. The van der Waals surface area contributed by atoms with E-state index in [2.05, 4.69) is 24.4 Å². The summed E-state index contributed by atoms with van der Waals surface area (Å²) >= 11 is 0. The highest BCUT2D eigenvalue weighted by Gasteiger charge is 2.28. The SMILES string of the molecule is CC[C@H]1CN(C(=O)NCCc2ccccc2)c2ccccc2O1. The van der Waals surface area contributed by atoms with Crippen LogP contribution < -0.4 is 15.0 Å². The van der Waals surface area contributed by atoms with Crippen molar-refractivity contribution in [1.29, 1.82) is 0 Å². The number of fused-ring (bicyclic) bond motifs is 1. The summed E-state index contributed by atoms with van der Waals surface area (Å²) in [6.07, 6.45) is 1.75. The van der Waals surface area contributed by atoms with E-state index in [1.165, 1.54) is 5.56 Å². The number of amides is 2. The minimum absolute atomic E-state index is 0.0461. The van der Waals surface area contributed by atoms with Crippen LogP contribution in [0.4, 0.5) is 10.5 Å². The third-order valence-corrected chi connectivity index (χ3v) is 4.07. The molecule has 23 heavy (non-hydrogen) atoms. The van der Waals surface area contributed by atoms with Crippen LogP contribution in [0.5, 0.6) is 5.75 Å². The lowest BCUT2D eigenvalue weighted by Gasteiger charge is -2.34. The van der Waals surface area contributed by atoms with Crippen molar-refractivity contribution in [2.45, 2.75) is 25.9 Å². The summed E-state index contributed by atoms with van der Waals surface area (Å²) in [5, 5.41) is 3.02. The molecule has 0 aromatic heterocycles. The second-order valence-corrected chi connectivity index (χ2v) is 5.69. The molecule has 3 rings (SSSR count). The summed E-state index contributed by atoms with van der Waals surface area (Å²) in [6.45, 7) is 3.29. The first-order valence-corrected chi connectivity index (χ1v) is 8.13. The maximum Gasteiger partial charge on any atom is 0.322 e. The Kier molecular flexibility index (Phi) is 4.81. The molecular formula is C19H22N2O2. The number of hydrogen-bond donors (Lipinski definition) is 1. The average Bonchev–Trinajstić information content (AvgIpc) is 2.61. The average molecular weight is 310 g/mol. The Bertz CT molecular complexity index is 657. The molecule has 4 heteroatoms. The quantitative estimate of drug-likeness (QED) is 0.937.